The van der Waals surface area contributed by atoms with Gasteiger partial charge in [0.1, 0.15) is 0 Å². The summed E-state index contributed by atoms with van der Waals surface area (Å²) in [5, 5.41) is 4.08. The van der Waals surface area contributed by atoms with Gasteiger partial charge in [-0.05, 0) is 12.8 Å². The number of carbonyl (C=O) groups is 1. The van der Waals surface area contributed by atoms with Crippen molar-refractivity contribution in [3.8, 4) is 11.4 Å². The van der Waals surface area contributed by atoms with Gasteiger partial charge in [0, 0.05) is 44.1 Å². The number of aromatic nitrogens is 2. The van der Waals surface area contributed by atoms with Gasteiger partial charge in [0.25, 0.3) is 0 Å². The molecule has 0 saturated carbocycles. The Morgan fingerprint density at radius 3 is 2.57 bits per heavy atom. The number of rotatable bonds is 2. The largest absolute Gasteiger partial charge is 0.345 e. The molecule has 2 fully saturated rings. The molecule has 0 unspecified atom stereocenters. The molecule has 4 rings (SSSR count). The maximum Gasteiger partial charge on any atom is 0.324 e. The molecule has 1 spiro atoms. The third-order valence-corrected chi connectivity index (χ3v) is 5.07. The molecule has 2 aliphatic heterocycles. The van der Waals surface area contributed by atoms with Crippen LogP contribution in [0.5, 0.6) is 0 Å². The van der Waals surface area contributed by atoms with Crippen LogP contribution in [0.3, 0.4) is 0 Å². The van der Waals surface area contributed by atoms with Gasteiger partial charge in [0.15, 0.2) is 0 Å². The molecule has 0 N–H and O–H groups in total. The van der Waals surface area contributed by atoms with E-state index in [9.17, 15) is 4.79 Å². The van der Waals surface area contributed by atoms with E-state index >= 15 is 0 Å². The van der Waals surface area contributed by atoms with E-state index in [1.165, 1.54) is 0 Å². The first-order valence-corrected chi connectivity index (χ1v) is 8.03. The number of benzene rings is 1. The minimum absolute atomic E-state index is 0.143. The van der Waals surface area contributed by atoms with Crippen LogP contribution in [0.1, 0.15) is 19.3 Å². The average Bonchev–Trinajstić information content (AvgIpc) is 3.15. The Kier molecular flexibility index (Phi) is 3.32. The Morgan fingerprint density at radius 1 is 1.17 bits per heavy atom. The summed E-state index contributed by atoms with van der Waals surface area (Å²) in [5.74, 6) is 0.888. The van der Waals surface area contributed by atoms with E-state index in [2.05, 4.69) is 15.0 Å². The minimum Gasteiger partial charge on any atom is -0.345 e. The van der Waals surface area contributed by atoms with Crippen molar-refractivity contribution < 1.29 is 9.32 Å². The maximum atomic E-state index is 11.8. The van der Waals surface area contributed by atoms with Crippen LogP contribution in [0, 0.1) is 5.41 Å². The topological polar surface area (TPSA) is 62.5 Å². The van der Waals surface area contributed by atoms with Crippen molar-refractivity contribution in [3.63, 3.8) is 0 Å². The van der Waals surface area contributed by atoms with E-state index < -0.39 is 0 Å². The van der Waals surface area contributed by atoms with Gasteiger partial charge in [-0.25, -0.2) is 0 Å². The summed E-state index contributed by atoms with van der Waals surface area (Å²) < 4.78 is 5.44. The van der Waals surface area contributed by atoms with Crippen molar-refractivity contribution in [2.24, 2.45) is 5.41 Å². The minimum atomic E-state index is 0.143. The molecule has 0 radical (unpaired) electrons. The first-order valence-electron chi connectivity index (χ1n) is 8.03. The maximum absolute atomic E-state index is 11.8. The van der Waals surface area contributed by atoms with Crippen molar-refractivity contribution in [1.82, 2.24) is 15.0 Å². The van der Waals surface area contributed by atoms with Crippen molar-refractivity contribution >= 4 is 11.9 Å². The van der Waals surface area contributed by atoms with Gasteiger partial charge in [-0.3, -0.25) is 4.79 Å². The lowest BCUT2D eigenvalue weighted by Gasteiger charge is -2.37. The molecular weight excluding hydrogens is 292 g/mol. The Morgan fingerprint density at radius 2 is 1.91 bits per heavy atom. The molecule has 1 aromatic heterocycles. The SMILES string of the molecule is CN1CC2(CCN(c3nc(-c4ccccc4)no3)CC2)CC1=O. The number of hydrogen-bond acceptors (Lipinski definition) is 5. The van der Waals surface area contributed by atoms with Crippen LogP contribution in [-0.4, -0.2) is 47.6 Å². The van der Waals surface area contributed by atoms with Gasteiger partial charge >= 0.3 is 6.01 Å². The van der Waals surface area contributed by atoms with Crippen LogP contribution in [0.15, 0.2) is 34.9 Å². The van der Waals surface area contributed by atoms with Crippen LogP contribution in [-0.2, 0) is 4.79 Å². The normalized spacial score (nSPS) is 20.5. The number of anilines is 1. The summed E-state index contributed by atoms with van der Waals surface area (Å²) in [5.41, 5.74) is 1.10. The Labute approximate surface area is 135 Å². The van der Waals surface area contributed by atoms with Crippen molar-refractivity contribution in [2.75, 3.05) is 31.6 Å². The van der Waals surface area contributed by atoms with Gasteiger partial charge in [-0.1, -0.05) is 35.5 Å². The highest BCUT2D eigenvalue weighted by Crippen LogP contribution is 2.41. The predicted octanol–water partition coefficient (Wildman–Crippen LogP) is 2.19. The Bertz CT molecular complexity index is 704. The highest BCUT2D eigenvalue weighted by atomic mass is 16.5. The molecule has 0 atom stereocenters. The average molecular weight is 312 g/mol. The molecule has 0 aliphatic carbocycles. The summed E-state index contributed by atoms with van der Waals surface area (Å²) in [6.45, 7) is 2.59. The first kappa shape index (κ1) is 14.2. The molecule has 6 heteroatoms. The van der Waals surface area contributed by atoms with Crippen LogP contribution >= 0.6 is 0 Å². The number of likely N-dealkylation sites (tertiary alicyclic amines) is 1. The molecule has 1 aromatic carbocycles. The fraction of sp³-hybridized carbons (Fsp3) is 0.471. The van der Waals surface area contributed by atoms with Gasteiger partial charge in [-0.2, -0.15) is 4.98 Å². The van der Waals surface area contributed by atoms with Crippen LogP contribution < -0.4 is 4.90 Å². The lowest BCUT2D eigenvalue weighted by Crippen LogP contribution is -2.41. The predicted molar refractivity (Wildman–Crippen MR) is 85.9 cm³/mol. The molecule has 3 heterocycles. The summed E-state index contributed by atoms with van der Waals surface area (Å²) in [6, 6.07) is 10.4. The number of carbonyl (C=O) groups excluding carboxylic acids is 1. The zero-order chi connectivity index (χ0) is 15.9. The smallest absolute Gasteiger partial charge is 0.324 e. The fourth-order valence-electron chi connectivity index (χ4n) is 3.66. The van der Waals surface area contributed by atoms with Crippen LogP contribution in [0.4, 0.5) is 6.01 Å². The third-order valence-electron chi connectivity index (χ3n) is 5.07. The van der Waals surface area contributed by atoms with E-state index in [0.717, 1.165) is 38.0 Å². The Hall–Kier alpha value is -2.37. The molecule has 2 aliphatic rings. The van der Waals surface area contributed by atoms with Gasteiger partial charge in [0.2, 0.25) is 11.7 Å². The summed E-state index contributed by atoms with van der Waals surface area (Å²) in [6.07, 6.45) is 2.66. The lowest BCUT2D eigenvalue weighted by molar-refractivity contribution is -0.126. The molecule has 2 aromatic rings. The van der Waals surface area contributed by atoms with E-state index in [4.69, 9.17) is 4.52 Å². The molecule has 2 saturated heterocycles. The third kappa shape index (κ3) is 2.58. The van der Waals surface area contributed by atoms with Gasteiger partial charge in [-0.15, -0.1) is 0 Å². The Balaban J connectivity index is 1.45. The molecule has 1 amide bonds. The number of hydrogen-bond donors (Lipinski definition) is 0. The second-order valence-corrected chi connectivity index (χ2v) is 6.68. The second kappa shape index (κ2) is 5.37. The molecule has 0 bridgehead atoms. The zero-order valence-electron chi connectivity index (χ0n) is 13.2. The highest BCUT2D eigenvalue weighted by molar-refractivity contribution is 5.79. The van der Waals surface area contributed by atoms with E-state index in [-0.39, 0.29) is 11.3 Å². The molecule has 6 nitrogen and oxygen atoms in total. The summed E-state index contributed by atoms with van der Waals surface area (Å²) in [4.78, 5) is 20.3. The zero-order valence-corrected chi connectivity index (χ0v) is 13.2. The molecular formula is C17H20N4O2. The monoisotopic (exact) mass is 312 g/mol. The van der Waals surface area contributed by atoms with Crippen molar-refractivity contribution in [1.29, 1.82) is 0 Å². The quantitative estimate of drug-likeness (QED) is 0.850. The second-order valence-electron chi connectivity index (χ2n) is 6.68. The number of amides is 1. The highest BCUT2D eigenvalue weighted by Gasteiger charge is 2.44. The lowest BCUT2D eigenvalue weighted by atomic mass is 9.78. The number of piperidine rings is 1. The van der Waals surface area contributed by atoms with Crippen molar-refractivity contribution in [3.05, 3.63) is 30.3 Å². The summed E-state index contributed by atoms with van der Waals surface area (Å²) in [7, 11) is 1.90. The number of nitrogens with zero attached hydrogens (tertiary/aromatic N) is 4. The van der Waals surface area contributed by atoms with E-state index in [1.807, 2.05) is 42.3 Å². The van der Waals surface area contributed by atoms with Crippen LogP contribution in [0.25, 0.3) is 11.4 Å². The standard InChI is InChI=1S/C17H20N4O2/c1-20-12-17(11-14(20)22)7-9-21(10-8-17)16-18-15(19-23-16)13-5-3-2-4-6-13/h2-6H,7-12H2,1H3. The summed E-state index contributed by atoms with van der Waals surface area (Å²) >= 11 is 0. The molecule has 120 valence electrons. The van der Waals surface area contributed by atoms with E-state index in [1.54, 1.807) is 0 Å². The molecule has 23 heavy (non-hydrogen) atoms. The van der Waals surface area contributed by atoms with Crippen LogP contribution in [0.2, 0.25) is 0 Å². The van der Waals surface area contributed by atoms with Gasteiger partial charge < -0.3 is 14.3 Å². The fourth-order valence-corrected chi connectivity index (χ4v) is 3.66. The first-order chi connectivity index (χ1) is 11.2. The van der Waals surface area contributed by atoms with Gasteiger partial charge in [0.05, 0.1) is 0 Å². The van der Waals surface area contributed by atoms with Crippen molar-refractivity contribution in [2.45, 2.75) is 19.3 Å². The van der Waals surface area contributed by atoms with E-state index in [0.29, 0.717) is 18.3 Å².